The van der Waals surface area contributed by atoms with E-state index in [1.807, 2.05) is 6.92 Å². The van der Waals surface area contributed by atoms with Crippen LogP contribution in [0.5, 0.6) is 0 Å². The molecule has 0 atom stereocenters. The van der Waals surface area contributed by atoms with Crippen LogP contribution in [-0.2, 0) is 0 Å². The second-order valence-corrected chi connectivity index (χ2v) is 2.83. The Morgan fingerprint density at radius 1 is 1.07 bits per heavy atom. The van der Waals surface area contributed by atoms with Crippen molar-refractivity contribution < 1.29 is 0 Å². The van der Waals surface area contributed by atoms with Gasteiger partial charge in [-0.3, -0.25) is 9.97 Å². The lowest BCUT2D eigenvalue weighted by Crippen LogP contribution is -1.97. The Balaban J connectivity index is 2.50. The van der Waals surface area contributed by atoms with Crippen LogP contribution >= 0.6 is 0 Å². The summed E-state index contributed by atoms with van der Waals surface area (Å²) in [6.45, 7) is 1.88. The highest BCUT2D eigenvalue weighted by Crippen LogP contribution is 2.15. The van der Waals surface area contributed by atoms with Crippen molar-refractivity contribution in [2.24, 2.45) is 0 Å². The lowest BCUT2D eigenvalue weighted by Gasteiger charge is -2.01. The maximum absolute atomic E-state index is 5.43. The van der Waals surface area contributed by atoms with E-state index in [0.29, 0.717) is 11.5 Å². The Morgan fingerprint density at radius 3 is 2.50 bits per heavy atom. The summed E-state index contributed by atoms with van der Waals surface area (Å²) in [6.07, 6.45) is 3.27. The van der Waals surface area contributed by atoms with Crippen LogP contribution in [0.2, 0.25) is 0 Å². The largest absolute Gasteiger partial charge is 0.382 e. The highest BCUT2D eigenvalue weighted by Gasteiger charge is 2.04. The Hall–Kier alpha value is -2.04. The quantitative estimate of drug-likeness (QED) is 0.715. The molecular formula is C9H9N5. The van der Waals surface area contributed by atoms with E-state index in [9.17, 15) is 0 Å². The Morgan fingerprint density at radius 2 is 1.86 bits per heavy atom. The van der Waals surface area contributed by atoms with Crippen molar-refractivity contribution in [1.29, 1.82) is 0 Å². The molecule has 5 nitrogen and oxygen atoms in total. The van der Waals surface area contributed by atoms with E-state index in [2.05, 4.69) is 20.2 Å². The molecule has 0 saturated carbocycles. The van der Waals surface area contributed by atoms with E-state index in [0.717, 1.165) is 11.4 Å². The van der Waals surface area contributed by atoms with E-state index >= 15 is 0 Å². The SMILES string of the molecule is Cc1nccnc1-c1ccc(N)nn1. The van der Waals surface area contributed by atoms with Crippen LogP contribution in [0.3, 0.4) is 0 Å². The number of rotatable bonds is 1. The molecule has 0 unspecified atom stereocenters. The van der Waals surface area contributed by atoms with Gasteiger partial charge in [-0.25, -0.2) is 0 Å². The van der Waals surface area contributed by atoms with Crippen molar-refractivity contribution in [3.05, 3.63) is 30.2 Å². The minimum absolute atomic E-state index is 0.398. The number of aromatic nitrogens is 4. The van der Waals surface area contributed by atoms with Gasteiger partial charge in [-0.05, 0) is 19.1 Å². The summed E-state index contributed by atoms with van der Waals surface area (Å²) < 4.78 is 0. The van der Waals surface area contributed by atoms with Crippen molar-refractivity contribution >= 4 is 5.82 Å². The maximum atomic E-state index is 5.43. The molecule has 2 N–H and O–H groups in total. The molecule has 0 aliphatic heterocycles. The fraction of sp³-hybridized carbons (Fsp3) is 0.111. The summed E-state index contributed by atoms with van der Waals surface area (Å²) in [5.41, 5.74) is 7.68. The van der Waals surface area contributed by atoms with Crippen LogP contribution in [-0.4, -0.2) is 20.2 Å². The monoisotopic (exact) mass is 187 g/mol. The first kappa shape index (κ1) is 8.55. The first-order valence-corrected chi connectivity index (χ1v) is 4.14. The molecular weight excluding hydrogens is 178 g/mol. The molecule has 0 bridgehead atoms. The van der Waals surface area contributed by atoms with E-state index < -0.39 is 0 Å². The highest BCUT2D eigenvalue weighted by atomic mass is 15.1. The fourth-order valence-corrected chi connectivity index (χ4v) is 1.13. The predicted molar refractivity (Wildman–Crippen MR) is 52.2 cm³/mol. The summed E-state index contributed by atoms with van der Waals surface area (Å²) in [6, 6.07) is 3.47. The van der Waals surface area contributed by atoms with E-state index in [1.54, 1.807) is 24.5 Å². The molecule has 2 heterocycles. The lowest BCUT2D eigenvalue weighted by atomic mass is 10.2. The predicted octanol–water partition coefficient (Wildman–Crippen LogP) is 0.824. The van der Waals surface area contributed by atoms with Crippen molar-refractivity contribution in [2.45, 2.75) is 6.92 Å². The van der Waals surface area contributed by atoms with Gasteiger partial charge in [0, 0.05) is 12.4 Å². The standard InChI is InChI=1S/C9H9N5/c1-6-9(12-5-4-11-6)7-2-3-8(10)14-13-7/h2-5H,1H3,(H2,10,14). The van der Waals surface area contributed by atoms with Crippen LogP contribution in [0.25, 0.3) is 11.4 Å². The number of nitrogen functional groups attached to an aromatic ring is 1. The van der Waals surface area contributed by atoms with Gasteiger partial charge in [0.2, 0.25) is 0 Å². The van der Waals surface area contributed by atoms with Gasteiger partial charge in [-0.15, -0.1) is 10.2 Å². The molecule has 2 rings (SSSR count). The molecule has 5 heteroatoms. The summed E-state index contributed by atoms with van der Waals surface area (Å²) in [4.78, 5) is 8.29. The highest BCUT2D eigenvalue weighted by molar-refractivity contribution is 5.56. The van der Waals surface area contributed by atoms with E-state index in [1.165, 1.54) is 0 Å². The summed E-state index contributed by atoms with van der Waals surface area (Å²) >= 11 is 0. The van der Waals surface area contributed by atoms with E-state index in [-0.39, 0.29) is 0 Å². The second kappa shape index (κ2) is 3.37. The zero-order chi connectivity index (χ0) is 9.97. The van der Waals surface area contributed by atoms with Gasteiger partial charge in [0.1, 0.15) is 17.2 Å². The molecule has 0 amide bonds. The third-order valence-corrected chi connectivity index (χ3v) is 1.81. The Bertz CT molecular complexity index is 437. The Kier molecular flexibility index (Phi) is 2.06. The molecule has 2 aromatic heterocycles. The number of hydrogen-bond acceptors (Lipinski definition) is 5. The van der Waals surface area contributed by atoms with Crippen molar-refractivity contribution in [3.8, 4) is 11.4 Å². The topological polar surface area (TPSA) is 77.6 Å². The van der Waals surface area contributed by atoms with Crippen LogP contribution in [0, 0.1) is 6.92 Å². The molecule has 2 aromatic rings. The summed E-state index contributed by atoms with van der Waals surface area (Å²) in [7, 11) is 0. The first-order valence-electron chi connectivity index (χ1n) is 4.14. The normalized spacial score (nSPS) is 10.1. The average Bonchev–Trinajstić information content (AvgIpc) is 2.20. The molecule has 14 heavy (non-hydrogen) atoms. The van der Waals surface area contributed by atoms with Crippen LogP contribution in [0.1, 0.15) is 5.69 Å². The number of hydrogen-bond donors (Lipinski definition) is 1. The number of nitrogens with zero attached hydrogens (tertiary/aromatic N) is 4. The number of nitrogens with two attached hydrogens (primary N) is 1. The zero-order valence-electron chi connectivity index (χ0n) is 7.68. The third-order valence-electron chi connectivity index (χ3n) is 1.81. The van der Waals surface area contributed by atoms with Crippen LogP contribution < -0.4 is 5.73 Å². The molecule has 0 radical (unpaired) electrons. The molecule has 0 aliphatic carbocycles. The zero-order valence-corrected chi connectivity index (χ0v) is 7.68. The average molecular weight is 187 g/mol. The third kappa shape index (κ3) is 1.52. The van der Waals surface area contributed by atoms with Crippen LogP contribution in [0.15, 0.2) is 24.5 Å². The van der Waals surface area contributed by atoms with Crippen LogP contribution in [0.4, 0.5) is 5.82 Å². The van der Waals surface area contributed by atoms with E-state index in [4.69, 9.17) is 5.73 Å². The molecule has 70 valence electrons. The number of anilines is 1. The van der Waals surface area contributed by atoms with Crippen molar-refractivity contribution in [2.75, 3.05) is 5.73 Å². The molecule has 0 spiro atoms. The van der Waals surface area contributed by atoms with Gasteiger partial charge in [0.05, 0.1) is 5.69 Å². The first-order chi connectivity index (χ1) is 6.77. The maximum Gasteiger partial charge on any atom is 0.146 e. The Labute approximate surface area is 81.0 Å². The number of aryl methyl sites for hydroxylation is 1. The molecule has 0 fully saturated rings. The smallest absolute Gasteiger partial charge is 0.146 e. The van der Waals surface area contributed by atoms with Gasteiger partial charge >= 0.3 is 0 Å². The van der Waals surface area contributed by atoms with Gasteiger partial charge in [-0.2, -0.15) is 0 Å². The van der Waals surface area contributed by atoms with Gasteiger partial charge in [-0.1, -0.05) is 0 Å². The van der Waals surface area contributed by atoms with Gasteiger partial charge in [0.15, 0.2) is 0 Å². The second-order valence-electron chi connectivity index (χ2n) is 2.83. The molecule has 0 aromatic carbocycles. The van der Waals surface area contributed by atoms with Crippen molar-refractivity contribution in [3.63, 3.8) is 0 Å². The van der Waals surface area contributed by atoms with Gasteiger partial charge < -0.3 is 5.73 Å². The lowest BCUT2D eigenvalue weighted by molar-refractivity contribution is 1.02. The minimum Gasteiger partial charge on any atom is -0.382 e. The fourth-order valence-electron chi connectivity index (χ4n) is 1.13. The molecule has 0 saturated heterocycles. The summed E-state index contributed by atoms with van der Waals surface area (Å²) in [5.74, 6) is 0.398. The van der Waals surface area contributed by atoms with Gasteiger partial charge in [0.25, 0.3) is 0 Å². The molecule has 0 aliphatic rings. The summed E-state index contributed by atoms with van der Waals surface area (Å²) in [5, 5.41) is 7.69. The minimum atomic E-state index is 0.398. The van der Waals surface area contributed by atoms with Crippen molar-refractivity contribution in [1.82, 2.24) is 20.2 Å².